The number of halogens is 1. The third-order valence-electron chi connectivity index (χ3n) is 3.38. The zero-order chi connectivity index (χ0) is 13.3. The summed E-state index contributed by atoms with van der Waals surface area (Å²) in [5.74, 6) is 0.931. The van der Waals surface area contributed by atoms with Gasteiger partial charge in [0.2, 0.25) is 0 Å². The molecule has 1 atom stereocenters. The molecule has 5 heteroatoms. The number of rotatable bonds is 4. The highest BCUT2D eigenvalue weighted by atomic mass is 79.9. The van der Waals surface area contributed by atoms with Gasteiger partial charge in [-0.1, -0.05) is 0 Å². The molecule has 1 N–H and O–H groups in total. The van der Waals surface area contributed by atoms with Gasteiger partial charge in [-0.2, -0.15) is 5.10 Å². The lowest BCUT2D eigenvalue weighted by atomic mass is 10.0. The predicted octanol–water partition coefficient (Wildman–Crippen LogP) is 2.90. The fraction of sp³-hybridized carbons (Fsp3) is 0.462. The molecule has 2 aromatic rings. The van der Waals surface area contributed by atoms with Crippen molar-refractivity contribution in [2.75, 3.05) is 7.05 Å². The Kier molecular flexibility index (Phi) is 3.92. The number of nitrogens with one attached hydrogen (secondary N) is 1. The van der Waals surface area contributed by atoms with Crippen molar-refractivity contribution in [3.05, 3.63) is 39.5 Å². The van der Waals surface area contributed by atoms with E-state index in [0.717, 1.165) is 22.3 Å². The molecular weight excluding hydrogens is 294 g/mol. The molecule has 0 saturated carbocycles. The van der Waals surface area contributed by atoms with Crippen molar-refractivity contribution in [3.8, 4) is 0 Å². The first kappa shape index (κ1) is 13.4. The van der Waals surface area contributed by atoms with E-state index >= 15 is 0 Å². The van der Waals surface area contributed by atoms with Crippen LogP contribution in [0.4, 0.5) is 0 Å². The van der Waals surface area contributed by atoms with Crippen LogP contribution in [0.25, 0.3) is 0 Å². The highest BCUT2D eigenvalue weighted by Gasteiger charge is 2.20. The minimum atomic E-state index is 0.149. The van der Waals surface area contributed by atoms with Crippen LogP contribution >= 0.6 is 15.9 Å². The van der Waals surface area contributed by atoms with Crippen LogP contribution in [0.5, 0.6) is 0 Å². The summed E-state index contributed by atoms with van der Waals surface area (Å²) in [6.45, 7) is 4.14. The SMILES string of the molecule is CNC(Cc1c(C)nn(C)c1C)c1occc1Br. The van der Waals surface area contributed by atoms with Gasteiger partial charge in [-0.3, -0.25) is 4.68 Å². The summed E-state index contributed by atoms with van der Waals surface area (Å²) < 4.78 is 8.47. The van der Waals surface area contributed by atoms with Crippen molar-refractivity contribution in [2.24, 2.45) is 7.05 Å². The van der Waals surface area contributed by atoms with E-state index in [1.807, 2.05) is 31.8 Å². The van der Waals surface area contributed by atoms with Gasteiger partial charge in [-0.05, 0) is 54.9 Å². The van der Waals surface area contributed by atoms with Gasteiger partial charge < -0.3 is 9.73 Å². The van der Waals surface area contributed by atoms with Crippen LogP contribution in [0.1, 0.15) is 28.8 Å². The predicted molar refractivity (Wildman–Crippen MR) is 74.6 cm³/mol. The average molecular weight is 312 g/mol. The topological polar surface area (TPSA) is 43.0 Å². The van der Waals surface area contributed by atoms with Crippen molar-refractivity contribution < 1.29 is 4.42 Å². The highest BCUT2D eigenvalue weighted by Crippen LogP contribution is 2.28. The summed E-state index contributed by atoms with van der Waals surface area (Å²) in [6.07, 6.45) is 2.57. The second kappa shape index (κ2) is 5.28. The molecule has 0 aliphatic heterocycles. The Morgan fingerprint density at radius 2 is 2.22 bits per heavy atom. The third kappa shape index (κ3) is 2.37. The van der Waals surface area contributed by atoms with Crippen molar-refractivity contribution in [2.45, 2.75) is 26.3 Å². The second-order valence-electron chi connectivity index (χ2n) is 4.45. The first-order valence-corrected chi connectivity index (χ1v) is 6.73. The molecule has 0 fully saturated rings. The quantitative estimate of drug-likeness (QED) is 0.944. The number of hydrogen-bond donors (Lipinski definition) is 1. The van der Waals surface area contributed by atoms with E-state index in [0.29, 0.717) is 0 Å². The molecular formula is C13H18BrN3O. The van der Waals surface area contributed by atoms with E-state index in [4.69, 9.17) is 4.42 Å². The Hall–Kier alpha value is -1.07. The second-order valence-corrected chi connectivity index (χ2v) is 5.31. The molecule has 1 unspecified atom stereocenters. The van der Waals surface area contributed by atoms with Crippen LogP contribution in [0.15, 0.2) is 21.2 Å². The molecule has 2 rings (SSSR count). The Morgan fingerprint density at radius 1 is 1.50 bits per heavy atom. The standard InChI is InChI=1S/C13H18BrN3O/c1-8-10(9(2)17(4)16-8)7-12(15-3)13-11(14)5-6-18-13/h5-6,12,15H,7H2,1-4H3. The maximum atomic E-state index is 5.54. The van der Waals surface area contributed by atoms with Gasteiger partial charge in [0.25, 0.3) is 0 Å². The summed E-state index contributed by atoms with van der Waals surface area (Å²) in [4.78, 5) is 0. The average Bonchev–Trinajstić information content (AvgIpc) is 2.84. The minimum Gasteiger partial charge on any atom is -0.466 e. The molecule has 0 bridgehead atoms. The summed E-state index contributed by atoms with van der Waals surface area (Å²) >= 11 is 3.51. The minimum absolute atomic E-state index is 0.149. The van der Waals surface area contributed by atoms with Gasteiger partial charge in [0.15, 0.2) is 0 Å². The maximum Gasteiger partial charge on any atom is 0.135 e. The highest BCUT2D eigenvalue weighted by molar-refractivity contribution is 9.10. The van der Waals surface area contributed by atoms with Gasteiger partial charge >= 0.3 is 0 Å². The smallest absolute Gasteiger partial charge is 0.135 e. The zero-order valence-corrected chi connectivity index (χ0v) is 12.7. The van der Waals surface area contributed by atoms with Crippen LogP contribution in [0, 0.1) is 13.8 Å². The molecule has 4 nitrogen and oxygen atoms in total. The molecule has 2 aromatic heterocycles. The third-order valence-corrected chi connectivity index (χ3v) is 4.03. The number of furan rings is 1. The van der Waals surface area contributed by atoms with E-state index in [2.05, 4.69) is 33.3 Å². The van der Waals surface area contributed by atoms with E-state index in [1.165, 1.54) is 11.3 Å². The van der Waals surface area contributed by atoms with Crippen LogP contribution in [-0.4, -0.2) is 16.8 Å². The van der Waals surface area contributed by atoms with E-state index in [1.54, 1.807) is 6.26 Å². The van der Waals surface area contributed by atoms with Gasteiger partial charge in [-0.25, -0.2) is 0 Å². The van der Waals surface area contributed by atoms with E-state index in [9.17, 15) is 0 Å². The first-order valence-electron chi connectivity index (χ1n) is 5.93. The normalized spacial score (nSPS) is 12.9. The largest absolute Gasteiger partial charge is 0.466 e. The fourth-order valence-electron chi connectivity index (χ4n) is 2.20. The molecule has 0 amide bonds. The van der Waals surface area contributed by atoms with Gasteiger partial charge in [0.1, 0.15) is 5.76 Å². The Labute approximate surface area is 115 Å². The summed E-state index contributed by atoms with van der Waals surface area (Å²) in [6, 6.07) is 2.07. The van der Waals surface area contributed by atoms with Crippen molar-refractivity contribution in [3.63, 3.8) is 0 Å². The lowest BCUT2D eigenvalue weighted by Gasteiger charge is -2.14. The first-order chi connectivity index (χ1) is 8.54. The van der Waals surface area contributed by atoms with E-state index < -0.39 is 0 Å². The number of hydrogen-bond acceptors (Lipinski definition) is 3. The molecule has 2 heterocycles. The number of aryl methyl sites for hydroxylation is 2. The molecule has 98 valence electrons. The van der Waals surface area contributed by atoms with Crippen molar-refractivity contribution in [1.29, 1.82) is 0 Å². The summed E-state index contributed by atoms with van der Waals surface area (Å²) in [7, 11) is 3.92. The zero-order valence-electron chi connectivity index (χ0n) is 11.1. The monoisotopic (exact) mass is 311 g/mol. The van der Waals surface area contributed by atoms with Crippen LogP contribution in [0.3, 0.4) is 0 Å². The molecule has 0 aliphatic carbocycles. The number of nitrogens with zero attached hydrogens (tertiary/aromatic N) is 2. The van der Waals surface area contributed by atoms with Gasteiger partial charge in [-0.15, -0.1) is 0 Å². The van der Waals surface area contributed by atoms with Gasteiger partial charge in [0.05, 0.1) is 22.5 Å². The molecule has 0 aromatic carbocycles. The number of likely N-dealkylation sites (N-methyl/N-ethyl adjacent to an activating group) is 1. The van der Waals surface area contributed by atoms with Gasteiger partial charge in [0, 0.05) is 12.7 Å². The van der Waals surface area contributed by atoms with Crippen molar-refractivity contribution >= 4 is 15.9 Å². The fourth-order valence-corrected chi connectivity index (χ4v) is 2.67. The van der Waals surface area contributed by atoms with Crippen molar-refractivity contribution in [1.82, 2.24) is 15.1 Å². The van der Waals surface area contributed by atoms with E-state index in [-0.39, 0.29) is 6.04 Å². The summed E-state index contributed by atoms with van der Waals surface area (Å²) in [5, 5.41) is 7.74. The Bertz CT molecular complexity index is 544. The van der Waals surface area contributed by atoms with Crippen LogP contribution in [-0.2, 0) is 13.5 Å². The lowest BCUT2D eigenvalue weighted by molar-refractivity contribution is 0.426. The number of aromatic nitrogens is 2. The molecule has 0 saturated heterocycles. The summed E-state index contributed by atoms with van der Waals surface area (Å²) in [5.41, 5.74) is 3.56. The lowest BCUT2D eigenvalue weighted by Crippen LogP contribution is -2.19. The molecule has 18 heavy (non-hydrogen) atoms. The van der Waals surface area contributed by atoms with Crippen LogP contribution < -0.4 is 5.32 Å². The molecule has 0 radical (unpaired) electrons. The Balaban J connectivity index is 2.29. The molecule has 0 aliphatic rings. The van der Waals surface area contributed by atoms with Crippen LogP contribution in [0.2, 0.25) is 0 Å². The maximum absolute atomic E-state index is 5.54. The Morgan fingerprint density at radius 3 is 2.67 bits per heavy atom. The molecule has 0 spiro atoms.